The molecular weight excluding hydrogens is 592 g/mol. The van der Waals surface area contributed by atoms with E-state index in [0.717, 1.165) is 0 Å². The predicted molar refractivity (Wildman–Crippen MR) is 164 cm³/mol. The van der Waals surface area contributed by atoms with Crippen molar-refractivity contribution in [3.05, 3.63) is 71.3 Å². The number of benzene rings is 2. The molecule has 236 valence electrons. The molecule has 0 unspecified atom stereocenters. The van der Waals surface area contributed by atoms with Crippen LogP contribution in [0.3, 0.4) is 0 Å². The van der Waals surface area contributed by atoms with Gasteiger partial charge in [0.05, 0.1) is 0 Å². The summed E-state index contributed by atoms with van der Waals surface area (Å²) < 4.78 is 36.2. The fourth-order valence-corrected chi connectivity index (χ4v) is 3.12. The van der Waals surface area contributed by atoms with E-state index in [9.17, 15) is 28.0 Å². The molecule has 0 spiro atoms. The summed E-state index contributed by atoms with van der Waals surface area (Å²) in [5, 5.41) is 13.7. The largest absolute Gasteiger partial charge is 0.480 e. The number of carbonyl (C=O) groups excluding carboxylic acids is 3. The lowest BCUT2D eigenvalue weighted by Crippen LogP contribution is -2.47. The van der Waals surface area contributed by atoms with Crippen molar-refractivity contribution < 1.29 is 42.5 Å². The molecule has 5 N–H and O–H groups in total. The molecule has 42 heavy (non-hydrogen) atoms. The van der Waals surface area contributed by atoms with Crippen molar-refractivity contribution in [2.24, 2.45) is 5.73 Å². The third-order valence-electron chi connectivity index (χ3n) is 4.68. The fourth-order valence-electron chi connectivity index (χ4n) is 3.12. The minimum atomic E-state index is -1.21. The smallest absolute Gasteiger partial charge is 0.408 e. The zero-order valence-electron chi connectivity index (χ0n) is 24.4. The molecule has 3 amide bonds. The van der Waals surface area contributed by atoms with Crippen LogP contribution in [-0.2, 0) is 31.9 Å². The van der Waals surface area contributed by atoms with Crippen molar-refractivity contribution in [1.82, 2.24) is 10.6 Å². The van der Waals surface area contributed by atoms with E-state index in [1.165, 1.54) is 36.4 Å². The van der Waals surface area contributed by atoms with Crippen molar-refractivity contribution in [2.45, 2.75) is 77.7 Å². The van der Waals surface area contributed by atoms with Crippen LogP contribution in [0.2, 0.25) is 0 Å². The number of alkyl carbamates (subject to hydrolysis) is 2. The van der Waals surface area contributed by atoms with E-state index in [0.29, 0.717) is 11.1 Å². The van der Waals surface area contributed by atoms with Gasteiger partial charge in [0.2, 0.25) is 5.91 Å². The van der Waals surface area contributed by atoms with Crippen LogP contribution in [0.4, 0.5) is 18.4 Å². The monoisotopic (exact) mass is 633 g/mol. The predicted octanol–water partition coefficient (Wildman–Crippen LogP) is 4.32. The molecule has 2 rings (SSSR count). The topological polar surface area (TPSA) is 157 Å². The highest BCUT2D eigenvalue weighted by Gasteiger charge is 2.25. The first-order valence-electron chi connectivity index (χ1n) is 12.3. The molecule has 10 nitrogen and oxygen atoms in total. The van der Waals surface area contributed by atoms with E-state index in [1.54, 1.807) is 53.7 Å². The van der Waals surface area contributed by atoms with Gasteiger partial charge in [0.1, 0.15) is 34.9 Å². The summed E-state index contributed by atoms with van der Waals surface area (Å²) in [7, 11) is 0. The second-order valence-corrected chi connectivity index (χ2v) is 10.8. The Labute approximate surface area is 258 Å². The average molecular weight is 634 g/mol. The second kappa shape index (κ2) is 18.1. The van der Waals surface area contributed by atoms with E-state index in [-0.39, 0.29) is 39.8 Å². The standard InChI is InChI=1S/C14H19FN2O3.C14H18FNO4.2H2S/c1-14(2,3)20-13(19)17-11(12(16)18)8-9-5-4-6-10(15)7-9;1-14(2,3)20-13(19)16-11(12(17)18)8-9-5-4-6-10(15)7-9;;/h4-7,11H,8H2,1-3H3,(H2,16,18)(H,17,19);4-7,11H,8H2,1-3H3,(H,16,19)(H,17,18);2*1H2/t2*11-;;/m00../s1. The Kier molecular flexibility index (Phi) is 17.5. The van der Waals surface area contributed by atoms with Crippen LogP contribution in [0.25, 0.3) is 0 Å². The summed E-state index contributed by atoms with van der Waals surface area (Å²) in [5.41, 5.74) is 4.88. The molecule has 14 heteroatoms. The number of primary amides is 1. The minimum Gasteiger partial charge on any atom is -0.480 e. The van der Waals surface area contributed by atoms with Crippen molar-refractivity contribution >= 4 is 51.1 Å². The van der Waals surface area contributed by atoms with Crippen LogP contribution >= 0.6 is 27.0 Å². The number of ether oxygens (including phenoxy) is 2. The average Bonchev–Trinajstić information content (AvgIpc) is 2.76. The number of hydrogen-bond donors (Lipinski definition) is 4. The van der Waals surface area contributed by atoms with Gasteiger partial charge in [-0.25, -0.2) is 23.2 Å². The van der Waals surface area contributed by atoms with Crippen molar-refractivity contribution in [1.29, 1.82) is 0 Å². The van der Waals surface area contributed by atoms with Gasteiger partial charge in [-0.15, -0.1) is 0 Å². The van der Waals surface area contributed by atoms with Crippen LogP contribution in [0.5, 0.6) is 0 Å². The highest BCUT2D eigenvalue weighted by atomic mass is 32.1. The first kappa shape index (κ1) is 40.6. The fraction of sp³-hybridized carbons (Fsp3) is 0.429. The maximum absolute atomic E-state index is 13.1. The Morgan fingerprint density at radius 1 is 0.762 bits per heavy atom. The SMILES string of the molecule is CC(C)(C)OC(=O)N[C@@H](Cc1cccc(F)c1)C(=O)O.CC(C)(C)OC(=O)N[C@@H](Cc1cccc(F)c1)C(N)=O.S.S. The third kappa shape index (κ3) is 18.0. The van der Waals surface area contributed by atoms with E-state index >= 15 is 0 Å². The van der Waals surface area contributed by atoms with E-state index in [4.69, 9.17) is 20.3 Å². The van der Waals surface area contributed by atoms with Gasteiger partial charge in [0.15, 0.2) is 0 Å². The number of rotatable bonds is 8. The van der Waals surface area contributed by atoms with E-state index in [2.05, 4.69) is 10.6 Å². The maximum atomic E-state index is 13.1. The van der Waals surface area contributed by atoms with Gasteiger partial charge in [-0.1, -0.05) is 24.3 Å². The van der Waals surface area contributed by atoms with Crippen LogP contribution in [-0.4, -0.2) is 52.5 Å². The molecule has 0 aliphatic heterocycles. The summed E-state index contributed by atoms with van der Waals surface area (Å²) in [6.07, 6.45) is -1.47. The molecule has 0 aliphatic rings. The lowest BCUT2D eigenvalue weighted by Gasteiger charge is -2.22. The van der Waals surface area contributed by atoms with Gasteiger partial charge in [-0.2, -0.15) is 27.0 Å². The summed E-state index contributed by atoms with van der Waals surface area (Å²) in [5.74, 6) is -2.79. The van der Waals surface area contributed by atoms with Crippen molar-refractivity contribution in [3.8, 4) is 0 Å². The van der Waals surface area contributed by atoms with Gasteiger partial charge in [-0.05, 0) is 76.9 Å². The summed E-state index contributed by atoms with van der Waals surface area (Å²) in [4.78, 5) is 45.6. The van der Waals surface area contributed by atoms with Gasteiger partial charge < -0.3 is 30.9 Å². The Bertz CT molecular complexity index is 1100. The number of hydrogen-bond acceptors (Lipinski definition) is 6. The molecule has 0 aliphatic carbocycles. The number of nitrogens with one attached hydrogen (secondary N) is 2. The van der Waals surface area contributed by atoms with Crippen molar-refractivity contribution in [2.75, 3.05) is 0 Å². The van der Waals surface area contributed by atoms with E-state index in [1.807, 2.05) is 0 Å². The van der Waals surface area contributed by atoms with Gasteiger partial charge in [0, 0.05) is 12.8 Å². The Morgan fingerprint density at radius 3 is 1.43 bits per heavy atom. The zero-order valence-corrected chi connectivity index (χ0v) is 26.4. The first-order valence-corrected chi connectivity index (χ1v) is 12.3. The van der Waals surface area contributed by atoms with Gasteiger partial charge in [-0.3, -0.25) is 4.79 Å². The van der Waals surface area contributed by atoms with Crippen LogP contribution in [0, 0.1) is 11.6 Å². The molecule has 0 radical (unpaired) electrons. The number of carboxylic acid groups (broad SMARTS) is 1. The summed E-state index contributed by atoms with van der Waals surface area (Å²) >= 11 is 0. The van der Waals surface area contributed by atoms with Crippen molar-refractivity contribution in [3.63, 3.8) is 0 Å². The third-order valence-corrected chi connectivity index (χ3v) is 4.68. The molecule has 0 aromatic heterocycles. The van der Waals surface area contributed by atoms with E-state index < -0.39 is 59.0 Å². The van der Waals surface area contributed by atoms with Gasteiger partial charge in [0.25, 0.3) is 0 Å². The minimum absolute atomic E-state index is 0. The second-order valence-electron chi connectivity index (χ2n) is 10.8. The molecule has 2 aromatic carbocycles. The Balaban J connectivity index is 0. The number of amides is 3. The molecule has 0 bridgehead atoms. The first-order chi connectivity index (χ1) is 18.3. The number of halogens is 2. The number of carbonyl (C=O) groups is 4. The number of carboxylic acids is 1. The molecule has 2 aromatic rings. The van der Waals surface area contributed by atoms with Gasteiger partial charge >= 0.3 is 18.2 Å². The van der Waals surface area contributed by atoms with Crippen LogP contribution in [0.1, 0.15) is 52.7 Å². The zero-order chi connectivity index (χ0) is 30.7. The Morgan fingerprint density at radius 2 is 1.12 bits per heavy atom. The quantitative estimate of drug-likeness (QED) is 0.337. The summed E-state index contributed by atoms with van der Waals surface area (Å²) in [6.45, 7) is 10.1. The lowest BCUT2D eigenvalue weighted by molar-refractivity contribution is -0.139. The molecular formula is C28H41F2N3O7S2. The molecule has 0 fully saturated rings. The highest BCUT2D eigenvalue weighted by Crippen LogP contribution is 2.11. The van der Waals surface area contributed by atoms with Crippen LogP contribution < -0.4 is 16.4 Å². The molecule has 0 saturated carbocycles. The number of nitrogens with two attached hydrogens (primary N) is 1. The number of aliphatic carboxylic acids is 1. The molecule has 0 heterocycles. The normalized spacial score (nSPS) is 12.0. The molecule has 2 atom stereocenters. The lowest BCUT2D eigenvalue weighted by atomic mass is 10.1. The summed E-state index contributed by atoms with van der Waals surface area (Å²) in [6, 6.07) is 9.20. The van der Waals surface area contributed by atoms with Crippen LogP contribution in [0.15, 0.2) is 48.5 Å². The highest BCUT2D eigenvalue weighted by molar-refractivity contribution is 7.59. The Hall–Kier alpha value is -3.52. The molecule has 0 saturated heterocycles. The maximum Gasteiger partial charge on any atom is 0.408 e.